The summed E-state index contributed by atoms with van der Waals surface area (Å²) in [6, 6.07) is -5.55. The van der Waals surface area contributed by atoms with Gasteiger partial charge < -0.3 is 42.0 Å². The third kappa shape index (κ3) is 8.86. The zero-order valence-electron chi connectivity index (χ0n) is 18.4. The predicted molar refractivity (Wildman–Crippen MR) is 112 cm³/mol. The minimum absolute atomic E-state index is 0.123. The van der Waals surface area contributed by atoms with Crippen molar-refractivity contribution in [1.82, 2.24) is 25.9 Å². The van der Waals surface area contributed by atoms with Crippen LogP contribution < -0.4 is 21.7 Å². The number of carbonyl (C=O) groups is 5. The molecular formula is C19H30N6O8. The summed E-state index contributed by atoms with van der Waals surface area (Å²) in [6.45, 7) is 4.36. The first kappa shape index (κ1) is 27.5. The molecule has 0 spiro atoms. The van der Waals surface area contributed by atoms with Crippen LogP contribution in [0.15, 0.2) is 12.5 Å². The Balaban J connectivity index is 2.91. The van der Waals surface area contributed by atoms with Gasteiger partial charge in [0, 0.05) is 18.3 Å². The molecule has 5 unspecified atom stereocenters. The summed E-state index contributed by atoms with van der Waals surface area (Å²) in [5.74, 6) is -6.09. The number of aliphatic carboxylic acids is 2. The Bertz CT molecular complexity index is 841. The Morgan fingerprint density at radius 3 is 2.06 bits per heavy atom. The van der Waals surface area contributed by atoms with E-state index in [9.17, 15) is 29.1 Å². The number of aliphatic hydroxyl groups is 1. The fraction of sp³-hybridized carbons (Fsp3) is 0.579. The standard InChI is InChI=1S/C19H30N6O8/c1-8(2)14(24-16(29)11(20)4-10-6-21-7-22-10)18(31)23-12(5-13(27)28)17(30)25-15(9(3)26)19(32)33/h6-9,11-12,14-15,26H,4-5,20H2,1-3H3,(H,21,22)(H,23,31)(H,24,29)(H,25,30)(H,27,28)(H,32,33). The molecule has 0 saturated carbocycles. The van der Waals surface area contributed by atoms with E-state index in [2.05, 4.69) is 20.6 Å². The Labute approximate surface area is 189 Å². The third-order valence-electron chi connectivity index (χ3n) is 4.64. The number of aromatic nitrogens is 2. The van der Waals surface area contributed by atoms with Crippen molar-refractivity contribution in [3.8, 4) is 0 Å². The number of amides is 3. The first-order valence-corrected chi connectivity index (χ1v) is 10.1. The molecule has 1 heterocycles. The van der Waals surface area contributed by atoms with Gasteiger partial charge in [-0.25, -0.2) is 9.78 Å². The smallest absolute Gasteiger partial charge is 0.328 e. The molecule has 0 aromatic carbocycles. The van der Waals surface area contributed by atoms with Crippen molar-refractivity contribution in [2.45, 2.75) is 63.9 Å². The largest absolute Gasteiger partial charge is 0.481 e. The van der Waals surface area contributed by atoms with Crippen LogP contribution in [0.2, 0.25) is 0 Å². The highest BCUT2D eigenvalue weighted by Gasteiger charge is 2.33. The molecule has 1 aromatic rings. The average Bonchev–Trinajstić information content (AvgIpc) is 3.20. The van der Waals surface area contributed by atoms with E-state index in [1.165, 1.54) is 12.5 Å². The van der Waals surface area contributed by atoms with E-state index in [-0.39, 0.29) is 6.42 Å². The van der Waals surface area contributed by atoms with E-state index < -0.39 is 72.3 Å². The second kappa shape index (κ2) is 12.5. The Morgan fingerprint density at radius 1 is 1.00 bits per heavy atom. The average molecular weight is 470 g/mol. The van der Waals surface area contributed by atoms with Gasteiger partial charge in [0.15, 0.2) is 6.04 Å². The summed E-state index contributed by atoms with van der Waals surface area (Å²) in [5, 5.41) is 34.4. The number of aromatic amines is 1. The fourth-order valence-corrected chi connectivity index (χ4v) is 2.81. The summed E-state index contributed by atoms with van der Waals surface area (Å²) in [6.07, 6.45) is 0.698. The van der Waals surface area contributed by atoms with Gasteiger partial charge in [-0.2, -0.15) is 0 Å². The second-order valence-electron chi connectivity index (χ2n) is 7.84. The number of carbonyl (C=O) groups excluding carboxylic acids is 3. The van der Waals surface area contributed by atoms with Crippen molar-refractivity contribution < 1.29 is 39.3 Å². The van der Waals surface area contributed by atoms with Gasteiger partial charge in [-0.1, -0.05) is 13.8 Å². The molecule has 1 rings (SSSR count). The van der Waals surface area contributed by atoms with E-state index in [0.717, 1.165) is 6.92 Å². The molecule has 0 fully saturated rings. The van der Waals surface area contributed by atoms with Gasteiger partial charge in [0.2, 0.25) is 17.7 Å². The van der Waals surface area contributed by atoms with Crippen LogP contribution in [0.25, 0.3) is 0 Å². The lowest BCUT2D eigenvalue weighted by Crippen LogP contribution is -2.59. The van der Waals surface area contributed by atoms with Gasteiger partial charge in [-0.3, -0.25) is 19.2 Å². The number of nitrogens with zero attached hydrogens (tertiary/aromatic N) is 1. The molecule has 0 bridgehead atoms. The molecule has 3 amide bonds. The molecule has 184 valence electrons. The molecule has 33 heavy (non-hydrogen) atoms. The van der Waals surface area contributed by atoms with Crippen molar-refractivity contribution in [2.24, 2.45) is 11.7 Å². The van der Waals surface area contributed by atoms with Crippen molar-refractivity contribution in [2.75, 3.05) is 0 Å². The molecular weight excluding hydrogens is 440 g/mol. The second-order valence-corrected chi connectivity index (χ2v) is 7.84. The number of hydrogen-bond acceptors (Lipinski definition) is 8. The van der Waals surface area contributed by atoms with E-state index >= 15 is 0 Å². The summed E-state index contributed by atoms with van der Waals surface area (Å²) in [7, 11) is 0. The molecule has 14 nitrogen and oxygen atoms in total. The van der Waals surface area contributed by atoms with Crippen molar-refractivity contribution in [1.29, 1.82) is 0 Å². The van der Waals surface area contributed by atoms with Gasteiger partial charge >= 0.3 is 11.9 Å². The normalized spacial score (nSPS) is 15.6. The number of rotatable bonds is 13. The topological polar surface area (TPSA) is 237 Å². The highest BCUT2D eigenvalue weighted by Crippen LogP contribution is 2.06. The van der Waals surface area contributed by atoms with Crippen molar-refractivity contribution in [3.63, 3.8) is 0 Å². The van der Waals surface area contributed by atoms with Crippen LogP contribution in [0, 0.1) is 5.92 Å². The molecule has 9 N–H and O–H groups in total. The zero-order valence-corrected chi connectivity index (χ0v) is 18.4. The number of aliphatic hydroxyl groups excluding tert-OH is 1. The van der Waals surface area contributed by atoms with Gasteiger partial charge in [0.25, 0.3) is 0 Å². The molecule has 0 saturated heterocycles. The third-order valence-corrected chi connectivity index (χ3v) is 4.64. The van der Waals surface area contributed by atoms with E-state index in [4.69, 9.17) is 15.9 Å². The maximum Gasteiger partial charge on any atom is 0.328 e. The number of carboxylic acid groups (broad SMARTS) is 2. The molecule has 14 heteroatoms. The maximum atomic E-state index is 12.8. The van der Waals surface area contributed by atoms with Gasteiger partial charge in [0.05, 0.1) is 24.9 Å². The first-order chi connectivity index (χ1) is 15.3. The Morgan fingerprint density at radius 2 is 1.61 bits per heavy atom. The lowest BCUT2D eigenvalue weighted by Gasteiger charge is -2.26. The van der Waals surface area contributed by atoms with Crippen molar-refractivity contribution >= 4 is 29.7 Å². The number of H-pyrrole nitrogens is 1. The lowest BCUT2D eigenvalue weighted by molar-refractivity contribution is -0.146. The first-order valence-electron chi connectivity index (χ1n) is 10.1. The highest BCUT2D eigenvalue weighted by molar-refractivity contribution is 5.95. The van der Waals surface area contributed by atoms with Gasteiger partial charge in [0.1, 0.15) is 12.1 Å². The maximum absolute atomic E-state index is 12.8. The van der Waals surface area contributed by atoms with E-state index in [1.807, 2.05) is 5.32 Å². The number of hydrogen-bond donors (Lipinski definition) is 8. The highest BCUT2D eigenvalue weighted by atomic mass is 16.4. The van der Waals surface area contributed by atoms with Crippen LogP contribution in [-0.2, 0) is 30.4 Å². The Hall–Kier alpha value is -3.52. The van der Waals surface area contributed by atoms with Crippen LogP contribution in [-0.4, -0.2) is 85.2 Å². The number of nitrogens with two attached hydrogens (primary N) is 1. The summed E-state index contributed by atoms with van der Waals surface area (Å²) < 4.78 is 0. The van der Waals surface area contributed by atoms with Crippen LogP contribution >= 0.6 is 0 Å². The van der Waals surface area contributed by atoms with Gasteiger partial charge in [-0.05, 0) is 12.8 Å². The van der Waals surface area contributed by atoms with E-state index in [0.29, 0.717) is 5.69 Å². The van der Waals surface area contributed by atoms with Crippen LogP contribution in [0.4, 0.5) is 0 Å². The molecule has 0 aliphatic rings. The molecule has 0 aliphatic carbocycles. The number of imidazole rings is 1. The summed E-state index contributed by atoms with van der Waals surface area (Å²) in [4.78, 5) is 66.7. The molecule has 5 atom stereocenters. The SMILES string of the molecule is CC(C)C(NC(=O)C(N)Cc1cnc[nH]1)C(=O)NC(CC(=O)O)C(=O)NC(C(=O)O)C(C)O. The fourth-order valence-electron chi connectivity index (χ4n) is 2.81. The lowest BCUT2D eigenvalue weighted by atomic mass is 10.0. The minimum Gasteiger partial charge on any atom is -0.481 e. The quantitative estimate of drug-likeness (QED) is 0.149. The Kier molecular flexibility index (Phi) is 10.4. The summed E-state index contributed by atoms with van der Waals surface area (Å²) >= 11 is 0. The van der Waals surface area contributed by atoms with Crippen LogP contribution in [0.5, 0.6) is 0 Å². The molecule has 1 aromatic heterocycles. The van der Waals surface area contributed by atoms with Crippen LogP contribution in [0.1, 0.15) is 32.9 Å². The van der Waals surface area contributed by atoms with Crippen LogP contribution in [0.3, 0.4) is 0 Å². The zero-order chi connectivity index (χ0) is 25.3. The predicted octanol–water partition coefficient (Wildman–Crippen LogP) is -2.67. The number of nitrogens with one attached hydrogen (secondary N) is 4. The number of carboxylic acids is 2. The monoisotopic (exact) mass is 470 g/mol. The van der Waals surface area contributed by atoms with E-state index in [1.54, 1.807) is 13.8 Å². The van der Waals surface area contributed by atoms with Crippen molar-refractivity contribution in [3.05, 3.63) is 18.2 Å². The minimum atomic E-state index is -1.72. The summed E-state index contributed by atoms with van der Waals surface area (Å²) in [5.41, 5.74) is 6.48. The van der Waals surface area contributed by atoms with Gasteiger partial charge in [-0.15, -0.1) is 0 Å². The molecule has 0 radical (unpaired) electrons. The molecule has 0 aliphatic heterocycles.